The van der Waals surface area contributed by atoms with Crippen molar-refractivity contribution in [1.82, 2.24) is 0 Å². The average molecular weight is 277 g/mol. The molecule has 0 amide bonds. The molecule has 0 aliphatic carbocycles. The molecule has 0 unspecified atom stereocenters. The minimum atomic E-state index is -0.416. The molecular weight excluding hydrogens is 264 g/mol. The maximum Gasteiger partial charge on any atom is 0.330 e. The molecular formula is C15H13ClO3. The molecule has 0 radical (unpaired) electrons. The predicted octanol–water partition coefficient (Wildman–Crippen LogP) is 4.09. The van der Waals surface area contributed by atoms with Crippen LogP contribution in [0.1, 0.15) is 11.3 Å². The SMILES string of the molecule is COC(=O)/C=C/c1ccc(-c2ccc(Cl)cc2C)o1. The van der Waals surface area contributed by atoms with Crippen molar-refractivity contribution in [2.75, 3.05) is 7.11 Å². The van der Waals surface area contributed by atoms with E-state index in [1.165, 1.54) is 13.2 Å². The van der Waals surface area contributed by atoms with E-state index in [0.717, 1.165) is 16.9 Å². The number of esters is 1. The minimum Gasteiger partial charge on any atom is -0.466 e. The van der Waals surface area contributed by atoms with Crippen molar-refractivity contribution in [3.8, 4) is 11.3 Å². The molecule has 0 saturated carbocycles. The fourth-order valence-electron chi connectivity index (χ4n) is 1.71. The first kappa shape index (κ1) is 13.4. The van der Waals surface area contributed by atoms with Gasteiger partial charge in [0.1, 0.15) is 11.5 Å². The molecule has 0 fully saturated rings. The van der Waals surface area contributed by atoms with Gasteiger partial charge in [0.05, 0.1) is 7.11 Å². The number of methoxy groups -OCH3 is 1. The Bertz CT molecular complexity index is 626. The van der Waals surface area contributed by atoms with Crippen LogP contribution in [0.2, 0.25) is 5.02 Å². The number of furan rings is 1. The first-order chi connectivity index (χ1) is 9.10. The lowest BCUT2D eigenvalue weighted by atomic mass is 10.1. The number of hydrogen-bond acceptors (Lipinski definition) is 3. The van der Waals surface area contributed by atoms with Crippen LogP contribution in [-0.4, -0.2) is 13.1 Å². The van der Waals surface area contributed by atoms with Crippen molar-refractivity contribution < 1.29 is 13.9 Å². The zero-order valence-corrected chi connectivity index (χ0v) is 11.4. The monoisotopic (exact) mass is 276 g/mol. The van der Waals surface area contributed by atoms with Gasteiger partial charge < -0.3 is 9.15 Å². The lowest BCUT2D eigenvalue weighted by Gasteiger charge is -2.02. The van der Waals surface area contributed by atoms with Gasteiger partial charge in [0.25, 0.3) is 0 Å². The molecule has 1 aromatic carbocycles. The highest BCUT2D eigenvalue weighted by molar-refractivity contribution is 6.30. The molecule has 0 aliphatic heterocycles. The van der Waals surface area contributed by atoms with Crippen LogP contribution in [0.3, 0.4) is 0 Å². The van der Waals surface area contributed by atoms with Crippen LogP contribution in [0, 0.1) is 6.92 Å². The summed E-state index contributed by atoms with van der Waals surface area (Å²) >= 11 is 5.92. The molecule has 19 heavy (non-hydrogen) atoms. The van der Waals surface area contributed by atoms with Crippen molar-refractivity contribution in [2.45, 2.75) is 6.92 Å². The van der Waals surface area contributed by atoms with E-state index in [2.05, 4.69) is 4.74 Å². The number of halogens is 1. The first-order valence-electron chi connectivity index (χ1n) is 5.72. The quantitative estimate of drug-likeness (QED) is 0.626. The van der Waals surface area contributed by atoms with Gasteiger partial charge in [-0.25, -0.2) is 4.79 Å². The maximum absolute atomic E-state index is 11.0. The van der Waals surface area contributed by atoms with Gasteiger partial charge in [-0.15, -0.1) is 0 Å². The Kier molecular flexibility index (Phi) is 4.07. The van der Waals surface area contributed by atoms with Gasteiger partial charge in [-0.1, -0.05) is 11.6 Å². The Morgan fingerprint density at radius 1 is 1.32 bits per heavy atom. The van der Waals surface area contributed by atoms with E-state index in [0.29, 0.717) is 10.8 Å². The highest BCUT2D eigenvalue weighted by Crippen LogP contribution is 2.27. The third-order valence-corrected chi connectivity index (χ3v) is 2.90. The smallest absolute Gasteiger partial charge is 0.330 e. The standard InChI is InChI=1S/C15H13ClO3/c1-10-9-11(16)3-6-13(10)14-7-4-12(19-14)5-8-15(17)18-2/h3-9H,1-2H3/b8-5+. The average Bonchev–Trinajstić information content (AvgIpc) is 2.84. The number of carbonyl (C=O) groups is 1. The third kappa shape index (κ3) is 3.26. The second kappa shape index (κ2) is 5.76. The van der Waals surface area contributed by atoms with Crippen LogP contribution >= 0.6 is 11.6 Å². The maximum atomic E-state index is 11.0. The summed E-state index contributed by atoms with van der Waals surface area (Å²) in [7, 11) is 1.33. The van der Waals surface area contributed by atoms with Gasteiger partial charge >= 0.3 is 5.97 Å². The summed E-state index contributed by atoms with van der Waals surface area (Å²) in [4.78, 5) is 11.0. The van der Waals surface area contributed by atoms with Crippen molar-refractivity contribution in [3.63, 3.8) is 0 Å². The first-order valence-corrected chi connectivity index (χ1v) is 6.10. The van der Waals surface area contributed by atoms with Crippen LogP contribution < -0.4 is 0 Å². The number of ether oxygens (including phenoxy) is 1. The number of hydrogen-bond donors (Lipinski definition) is 0. The molecule has 1 heterocycles. The fourth-order valence-corrected chi connectivity index (χ4v) is 1.94. The van der Waals surface area contributed by atoms with E-state index in [-0.39, 0.29) is 0 Å². The minimum absolute atomic E-state index is 0.416. The zero-order chi connectivity index (χ0) is 13.8. The van der Waals surface area contributed by atoms with Crippen LogP contribution in [0.25, 0.3) is 17.4 Å². The molecule has 4 heteroatoms. The molecule has 3 nitrogen and oxygen atoms in total. The number of benzene rings is 1. The van der Waals surface area contributed by atoms with E-state index in [1.807, 2.05) is 31.2 Å². The van der Waals surface area contributed by atoms with E-state index in [1.54, 1.807) is 12.1 Å². The summed E-state index contributed by atoms with van der Waals surface area (Å²) < 4.78 is 10.2. The normalized spacial score (nSPS) is 10.9. The van der Waals surface area contributed by atoms with Crippen LogP contribution in [0.5, 0.6) is 0 Å². The second-order valence-electron chi connectivity index (χ2n) is 4.02. The van der Waals surface area contributed by atoms with E-state index in [4.69, 9.17) is 16.0 Å². The van der Waals surface area contributed by atoms with Gasteiger partial charge in [-0.05, 0) is 48.9 Å². The molecule has 0 N–H and O–H groups in total. The number of rotatable bonds is 3. The largest absolute Gasteiger partial charge is 0.466 e. The summed E-state index contributed by atoms with van der Waals surface area (Å²) in [5.74, 6) is 0.911. The summed E-state index contributed by atoms with van der Waals surface area (Å²) in [6.07, 6.45) is 2.89. The molecule has 0 saturated heterocycles. The summed E-state index contributed by atoms with van der Waals surface area (Å²) in [6.45, 7) is 1.97. The van der Waals surface area contributed by atoms with E-state index >= 15 is 0 Å². The highest BCUT2D eigenvalue weighted by Gasteiger charge is 2.07. The molecule has 0 spiro atoms. The van der Waals surface area contributed by atoms with Crippen molar-refractivity contribution in [2.24, 2.45) is 0 Å². The summed E-state index contributed by atoms with van der Waals surface area (Å²) in [5, 5.41) is 0.693. The lowest BCUT2D eigenvalue weighted by Crippen LogP contribution is -1.92. The van der Waals surface area contributed by atoms with Crippen molar-refractivity contribution in [1.29, 1.82) is 0 Å². The lowest BCUT2D eigenvalue weighted by molar-refractivity contribution is -0.134. The Morgan fingerprint density at radius 3 is 2.79 bits per heavy atom. The van der Waals surface area contributed by atoms with Gasteiger partial charge in [0, 0.05) is 16.7 Å². The molecule has 0 aliphatic rings. The van der Waals surface area contributed by atoms with Gasteiger partial charge in [-0.2, -0.15) is 0 Å². The number of aryl methyl sites for hydroxylation is 1. The molecule has 0 atom stereocenters. The predicted molar refractivity (Wildman–Crippen MR) is 74.9 cm³/mol. The van der Waals surface area contributed by atoms with Crippen LogP contribution in [-0.2, 0) is 9.53 Å². The summed E-state index contributed by atoms with van der Waals surface area (Å²) in [6, 6.07) is 9.25. The third-order valence-electron chi connectivity index (χ3n) is 2.67. The fraction of sp³-hybridized carbons (Fsp3) is 0.133. The Morgan fingerprint density at radius 2 is 2.11 bits per heavy atom. The van der Waals surface area contributed by atoms with Gasteiger partial charge in [-0.3, -0.25) is 0 Å². The Balaban J connectivity index is 2.26. The van der Waals surface area contributed by atoms with E-state index < -0.39 is 5.97 Å². The van der Waals surface area contributed by atoms with Gasteiger partial charge in [0.2, 0.25) is 0 Å². The topological polar surface area (TPSA) is 39.4 Å². The van der Waals surface area contributed by atoms with Gasteiger partial charge in [0.15, 0.2) is 0 Å². The molecule has 2 rings (SSSR count). The molecule has 98 valence electrons. The molecule has 0 bridgehead atoms. The van der Waals surface area contributed by atoms with E-state index in [9.17, 15) is 4.79 Å². The van der Waals surface area contributed by atoms with Crippen LogP contribution in [0.15, 0.2) is 40.8 Å². The van der Waals surface area contributed by atoms with Crippen molar-refractivity contribution >= 4 is 23.6 Å². The highest BCUT2D eigenvalue weighted by atomic mass is 35.5. The van der Waals surface area contributed by atoms with Crippen molar-refractivity contribution in [3.05, 3.63) is 52.8 Å². The Hall–Kier alpha value is -2.00. The Labute approximate surface area is 116 Å². The zero-order valence-electron chi connectivity index (χ0n) is 10.6. The molecule has 1 aromatic heterocycles. The summed E-state index contributed by atoms with van der Waals surface area (Å²) in [5.41, 5.74) is 2.01. The van der Waals surface area contributed by atoms with Crippen LogP contribution in [0.4, 0.5) is 0 Å². The second-order valence-corrected chi connectivity index (χ2v) is 4.45. The molecule has 2 aromatic rings. The number of carbonyl (C=O) groups excluding carboxylic acids is 1.